The molecule has 1 saturated carbocycles. The van der Waals surface area contributed by atoms with Crippen LogP contribution in [0, 0.1) is 11.3 Å². The molecule has 3 saturated heterocycles. The van der Waals surface area contributed by atoms with Gasteiger partial charge in [0.05, 0.1) is 25.0 Å². The van der Waals surface area contributed by atoms with Gasteiger partial charge < -0.3 is 36.2 Å². The monoisotopic (exact) mass is 540 g/mol. The minimum absolute atomic E-state index is 0.0110. The summed E-state index contributed by atoms with van der Waals surface area (Å²) >= 11 is 0. The zero-order valence-electron chi connectivity index (χ0n) is 23.8. The molecule has 12 heteroatoms. The number of amides is 2. The fourth-order valence-corrected chi connectivity index (χ4v) is 6.44. The van der Waals surface area contributed by atoms with Gasteiger partial charge in [-0.3, -0.25) is 16.0 Å². The van der Waals surface area contributed by atoms with Gasteiger partial charge in [0.15, 0.2) is 0 Å². The molecule has 4 aliphatic rings. The number of hydrogen-bond acceptors (Lipinski definition) is 10. The lowest BCUT2D eigenvalue weighted by Crippen LogP contribution is -2.68. The van der Waals surface area contributed by atoms with Crippen molar-refractivity contribution >= 4 is 6.03 Å². The third-order valence-electron chi connectivity index (χ3n) is 9.01. The Morgan fingerprint density at radius 2 is 1.87 bits per heavy atom. The summed E-state index contributed by atoms with van der Waals surface area (Å²) < 4.78 is 6.17. The number of ether oxygens (including phenoxy) is 1. The number of carbonyl (C=O) groups excluding carboxylic acids is 1. The van der Waals surface area contributed by atoms with Gasteiger partial charge >= 0.3 is 6.03 Å². The van der Waals surface area contributed by atoms with Gasteiger partial charge in [-0.25, -0.2) is 9.69 Å². The smallest absolute Gasteiger partial charge is 0.315 e. The van der Waals surface area contributed by atoms with E-state index in [0.29, 0.717) is 25.3 Å². The molecule has 2 amide bonds. The minimum atomic E-state index is -1.01. The number of rotatable bonds is 8. The Labute approximate surface area is 227 Å². The number of likely N-dealkylation sites (N-methyl/N-ethyl adjacent to an activating group) is 1. The first-order valence-corrected chi connectivity index (χ1v) is 14.4. The Morgan fingerprint density at radius 1 is 1.16 bits per heavy atom. The summed E-state index contributed by atoms with van der Waals surface area (Å²) in [6.07, 6.45) is 1.78. The van der Waals surface area contributed by atoms with Crippen LogP contribution in [0.1, 0.15) is 59.8 Å². The number of fused-ring (bicyclic) bond motifs is 1. The summed E-state index contributed by atoms with van der Waals surface area (Å²) in [7, 11) is 1.97. The molecule has 38 heavy (non-hydrogen) atoms. The van der Waals surface area contributed by atoms with Crippen LogP contribution >= 0.6 is 0 Å². The van der Waals surface area contributed by atoms with Crippen molar-refractivity contribution in [2.24, 2.45) is 17.1 Å². The molecule has 0 spiro atoms. The maximum Gasteiger partial charge on any atom is 0.315 e. The van der Waals surface area contributed by atoms with Gasteiger partial charge in [-0.2, -0.15) is 0 Å². The molecule has 0 aromatic heterocycles. The number of carbonyl (C=O) groups is 1. The van der Waals surface area contributed by atoms with Gasteiger partial charge in [-0.15, -0.1) is 0 Å². The molecule has 8 atom stereocenters. The lowest BCUT2D eigenvalue weighted by atomic mass is 9.71. The zero-order valence-corrected chi connectivity index (χ0v) is 23.8. The van der Waals surface area contributed by atoms with Crippen molar-refractivity contribution < 1.29 is 19.7 Å². The molecule has 3 unspecified atom stereocenters. The second-order valence-corrected chi connectivity index (χ2v) is 13.0. The topological polar surface area (TPSA) is 159 Å². The highest BCUT2D eigenvalue weighted by molar-refractivity contribution is 5.74. The van der Waals surface area contributed by atoms with E-state index in [1.54, 1.807) is 0 Å². The van der Waals surface area contributed by atoms with E-state index in [9.17, 15) is 15.0 Å². The van der Waals surface area contributed by atoms with Crippen LogP contribution in [0.2, 0.25) is 0 Å². The predicted molar refractivity (Wildman–Crippen MR) is 146 cm³/mol. The van der Waals surface area contributed by atoms with E-state index < -0.39 is 24.5 Å². The third-order valence-corrected chi connectivity index (χ3v) is 9.01. The number of aliphatic hydroxyl groups excluding tert-OH is 2. The lowest BCUT2D eigenvalue weighted by Gasteiger charge is -2.38. The molecule has 3 heterocycles. The number of nitrogens with zero attached hydrogens (tertiary/aromatic N) is 2. The summed E-state index contributed by atoms with van der Waals surface area (Å²) in [5, 5.41) is 37.6. The first-order valence-electron chi connectivity index (χ1n) is 14.4. The summed E-state index contributed by atoms with van der Waals surface area (Å²) in [4.78, 5) is 16.6. The fraction of sp³-hybridized carbons (Fsp3) is 0.962. The molecule has 0 aromatic carbocycles. The van der Waals surface area contributed by atoms with Crippen molar-refractivity contribution in [3.05, 3.63) is 0 Å². The lowest BCUT2D eigenvalue weighted by molar-refractivity contribution is -0.106. The van der Waals surface area contributed by atoms with E-state index in [2.05, 4.69) is 52.3 Å². The van der Waals surface area contributed by atoms with Crippen LogP contribution in [0.4, 0.5) is 4.79 Å². The van der Waals surface area contributed by atoms with Gasteiger partial charge in [0, 0.05) is 25.3 Å². The van der Waals surface area contributed by atoms with Crippen molar-refractivity contribution in [2.75, 3.05) is 33.5 Å². The van der Waals surface area contributed by atoms with Gasteiger partial charge in [-0.1, -0.05) is 20.8 Å². The van der Waals surface area contributed by atoms with Crippen molar-refractivity contribution in [1.29, 1.82) is 0 Å². The van der Waals surface area contributed by atoms with Crippen molar-refractivity contribution in [3.8, 4) is 0 Å². The second kappa shape index (κ2) is 12.6. The molecule has 12 nitrogen and oxygen atoms in total. The first kappa shape index (κ1) is 29.9. The molecule has 1 aliphatic carbocycles. The Balaban J connectivity index is 1.16. The molecule has 3 aliphatic heterocycles. The Kier molecular flexibility index (Phi) is 9.92. The van der Waals surface area contributed by atoms with Crippen LogP contribution in [-0.2, 0) is 4.74 Å². The average molecular weight is 541 g/mol. The van der Waals surface area contributed by atoms with Gasteiger partial charge in [0.2, 0.25) is 0 Å². The standard InChI is InChI=1S/C26H52N8O4/c1-15(31-25(37)32-17-8-6-16(7-9-17)26(2,3)4)10-11-33(5)12-18-20(35)21(36)24(38-18)34-14-30-19-22(27)28-13-29-23(19)34/h15-24,28-30,35-36H,6-14,27H2,1-5H3,(H2,31,32,37)/t15-,16?,17?,18-,19?,20-,21-,22?,23?,24-/m1/s1. The minimum Gasteiger partial charge on any atom is -0.387 e. The quantitative estimate of drug-likeness (QED) is 0.193. The van der Waals surface area contributed by atoms with E-state index in [4.69, 9.17) is 10.5 Å². The Hall–Kier alpha value is -1.09. The van der Waals surface area contributed by atoms with E-state index in [1.807, 2.05) is 18.9 Å². The van der Waals surface area contributed by atoms with Crippen LogP contribution in [0.25, 0.3) is 0 Å². The zero-order chi connectivity index (χ0) is 27.6. The molecule has 9 N–H and O–H groups in total. The molecule has 0 radical (unpaired) electrons. The number of nitrogens with one attached hydrogen (secondary N) is 5. The highest BCUT2D eigenvalue weighted by atomic mass is 16.6. The first-order chi connectivity index (χ1) is 17.9. The summed E-state index contributed by atoms with van der Waals surface area (Å²) in [5.74, 6) is 0.722. The van der Waals surface area contributed by atoms with Gasteiger partial charge in [0.1, 0.15) is 24.5 Å². The second-order valence-electron chi connectivity index (χ2n) is 13.0. The molecular formula is C26H52N8O4. The SMILES string of the molecule is C[C@H](CCN(C)C[C@H]1O[C@@H](N2CNC3C(N)NCNC32)[C@H](O)[C@@H]1O)NC(=O)NC1CCC(C(C)(C)C)CC1. The largest absolute Gasteiger partial charge is 0.387 e. The Morgan fingerprint density at radius 3 is 2.55 bits per heavy atom. The van der Waals surface area contributed by atoms with Crippen LogP contribution in [0.15, 0.2) is 0 Å². The van der Waals surface area contributed by atoms with Gasteiger partial charge in [0.25, 0.3) is 0 Å². The van der Waals surface area contributed by atoms with E-state index in [1.165, 1.54) is 0 Å². The van der Waals surface area contributed by atoms with E-state index in [-0.39, 0.29) is 36.5 Å². The van der Waals surface area contributed by atoms with Crippen molar-refractivity contribution in [1.82, 2.24) is 36.4 Å². The number of urea groups is 1. The van der Waals surface area contributed by atoms with Crippen LogP contribution in [0.5, 0.6) is 0 Å². The summed E-state index contributed by atoms with van der Waals surface area (Å²) in [6, 6.07) is 0.159. The van der Waals surface area contributed by atoms with E-state index >= 15 is 0 Å². The maximum absolute atomic E-state index is 12.5. The number of hydrogen-bond donors (Lipinski definition) is 8. The van der Waals surface area contributed by atoms with E-state index in [0.717, 1.165) is 44.6 Å². The fourth-order valence-electron chi connectivity index (χ4n) is 6.44. The molecule has 0 aromatic rings. The van der Waals surface area contributed by atoms with Crippen molar-refractivity contribution in [2.45, 2.75) is 115 Å². The molecular weight excluding hydrogens is 488 g/mol. The average Bonchev–Trinajstić information content (AvgIpc) is 3.40. The van der Waals surface area contributed by atoms with Crippen LogP contribution in [-0.4, -0.2) is 115 Å². The highest BCUT2D eigenvalue weighted by Crippen LogP contribution is 2.37. The van der Waals surface area contributed by atoms with Crippen molar-refractivity contribution in [3.63, 3.8) is 0 Å². The molecule has 4 rings (SSSR count). The maximum atomic E-state index is 12.5. The third kappa shape index (κ3) is 7.15. The summed E-state index contributed by atoms with van der Waals surface area (Å²) in [6.45, 7) is 11.2. The van der Waals surface area contributed by atoms with Crippen LogP contribution in [0.3, 0.4) is 0 Å². The normalized spacial score (nSPS) is 39.2. The van der Waals surface area contributed by atoms with Gasteiger partial charge in [-0.05, 0) is 64.0 Å². The number of nitrogens with two attached hydrogens (primary N) is 1. The highest BCUT2D eigenvalue weighted by Gasteiger charge is 2.51. The Bertz CT molecular complexity index is 777. The molecule has 4 fully saturated rings. The van der Waals surface area contributed by atoms with Crippen LogP contribution < -0.4 is 32.3 Å². The molecule has 0 bridgehead atoms. The summed E-state index contributed by atoms with van der Waals surface area (Å²) in [5.41, 5.74) is 6.49. The number of aliphatic hydroxyl groups is 2. The molecule has 220 valence electrons. The predicted octanol–water partition coefficient (Wildman–Crippen LogP) is -0.960.